The molecule has 3 aromatic heterocycles. The van der Waals surface area contributed by atoms with Crippen LogP contribution in [0.4, 0.5) is 0 Å². The summed E-state index contributed by atoms with van der Waals surface area (Å²) in [5, 5.41) is 2.71. The van der Waals surface area contributed by atoms with Gasteiger partial charge in [0.25, 0.3) is 5.56 Å². The summed E-state index contributed by atoms with van der Waals surface area (Å²) in [6.07, 6.45) is 1.83. The summed E-state index contributed by atoms with van der Waals surface area (Å²) in [4.78, 5) is 17.4. The van der Waals surface area contributed by atoms with Crippen molar-refractivity contribution in [2.75, 3.05) is 0 Å². The van der Waals surface area contributed by atoms with Crippen LogP contribution in [0.15, 0.2) is 53.5 Å². The van der Waals surface area contributed by atoms with E-state index in [1.807, 2.05) is 56.4 Å². The van der Waals surface area contributed by atoms with E-state index in [1.165, 1.54) is 0 Å². The Morgan fingerprint density at radius 2 is 1.81 bits per heavy atom. The minimum absolute atomic E-state index is 0.00162. The van der Waals surface area contributed by atoms with Crippen LogP contribution in [0.2, 0.25) is 0 Å². The van der Waals surface area contributed by atoms with E-state index in [4.69, 9.17) is 0 Å². The minimum Gasteiger partial charge on any atom is -0.284 e. The number of aryl methyl sites for hydroxylation is 2. The lowest BCUT2D eigenvalue weighted by Crippen LogP contribution is -2.15. The van der Waals surface area contributed by atoms with Gasteiger partial charge in [-0.25, -0.2) is 0 Å². The summed E-state index contributed by atoms with van der Waals surface area (Å²) < 4.78 is 1.69. The first-order valence-electron chi connectivity index (χ1n) is 6.96. The maximum absolute atomic E-state index is 12.8. The monoisotopic (exact) mass is 274 g/mol. The van der Waals surface area contributed by atoms with Gasteiger partial charge in [0.2, 0.25) is 0 Å². The van der Waals surface area contributed by atoms with E-state index >= 15 is 0 Å². The highest BCUT2D eigenvalue weighted by molar-refractivity contribution is 6.07. The van der Waals surface area contributed by atoms with Gasteiger partial charge in [-0.05, 0) is 43.7 Å². The van der Waals surface area contributed by atoms with Crippen molar-refractivity contribution < 1.29 is 0 Å². The fourth-order valence-electron chi connectivity index (χ4n) is 2.98. The molecule has 0 radical (unpaired) electrons. The van der Waals surface area contributed by atoms with Crippen LogP contribution in [0.25, 0.3) is 27.2 Å². The average Bonchev–Trinajstić information content (AvgIpc) is 2.46. The smallest absolute Gasteiger partial charge is 0.264 e. The van der Waals surface area contributed by atoms with Gasteiger partial charge in [-0.3, -0.25) is 14.2 Å². The standard InChI is InChI=1S/C18H14N2O/c1-11-7-8-20-13(9-11)10-15-14-5-3-4-6-16(14)19-12(2)17(15)18(20)21/h3-10H,1-2H3. The summed E-state index contributed by atoms with van der Waals surface area (Å²) >= 11 is 0. The Balaban J connectivity index is 2.36. The van der Waals surface area contributed by atoms with Crippen LogP contribution >= 0.6 is 0 Å². The van der Waals surface area contributed by atoms with Gasteiger partial charge in [0.05, 0.1) is 16.6 Å². The summed E-state index contributed by atoms with van der Waals surface area (Å²) in [7, 11) is 0. The number of hydrogen-bond donors (Lipinski definition) is 0. The maximum atomic E-state index is 12.8. The predicted molar refractivity (Wildman–Crippen MR) is 85.9 cm³/mol. The molecule has 0 fully saturated rings. The minimum atomic E-state index is -0.00162. The van der Waals surface area contributed by atoms with Crippen LogP contribution in [-0.2, 0) is 0 Å². The summed E-state index contributed by atoms with van der Waals surface area (Å²) in [5.74, 6) is 0. The lowest BCUT2D eigenvalue weighted by Gasteiger charge is -2.09. The molecule has 4 aromatic rings. The Labute approximate surface area is 121 Å². The number of nitrogens with zero attached hydrogens (tertiary/aromatic N) is 2. The Bertz CT molecular complexity index is 1080. The molecule has 3 nitrogen and oxygen atoms in total. The van der Waals surface area contributed by atoms with Crippen LogP contribution in [0.3, 0.4) is 0 Å². The zero-order chi connectivity index (χ0) is 14.6. The number of rotatable bonds is 0. The highest BCUT2D eigenvalue weighted by Gasteiger charge is 2.11. The van der Waals surface area contributed by atoms with Crippen LogP contribution < -0.4 is 5.56 Å². The molecule has 0 bridgehead atoms. The summed E-state index contributed by atoms with van der Waals surface area (Å²) in [6, 6.07) is 14.0. The van der Waals surface area contributed by atoms with Gasteiger partial charge in [-0.15, -0.1) is 0 Å². The first kappa shape index (κ1) is 12.1. The number of pyridine rings is 3. The van der Waals surface area contributed by atoms with Crippen molar-refractivity contribution >= 4 is 27.2 Å². The molecule has 0 amide bonds. The predicted octanol–water partition coefficient (Wildman–Crippen LogP) is 3.62. The molecular formula is C18H14N2O. The molecule has 0 atom stereocenters. The molecule has 0 unspecified atom stereocenters. The molecule has 21 heavy (non-hydrogen) atoms. The Kier molecular flexibility index (Phi) is 2.39. The molecule has 0 aliphatic heterocycles. The fourth-order valence-corrected chi connectivity index (χ4v) is 2.98. The Morgan fingerprint density at radius 1 is 1.00 bits per heavy atom. The molecule has 0 saturated heterocycles. The van der Waals surface area contributed by atoms with E-state index in [9.17, 15) is 4.79 Å². The topological polar surface area (TPSA) is 34.4 Å². The Hall–Kier alpha value is -2.68. The first-order chi connectivity index (χ1) is 10.1. The number of para-hydroxylation sites is 1. The quantitative estimate of drug-likeness (QED) is 0.362. The highest BCUT2D eigenvalue weighted by Crippen LogP contribution is 2.25. The second kappa shape index (κ2) is 4.16. The van der Waals surface area contributed by atoms with Crippen molar-refractivity contribution in [3.63, 3.8) is 0 Å². The normalized spacial score (nSPS) is 11.5. The van der Waals surface area contributed by atoms with E-state index in [1.54, 1.807) is 4.40 Å². The third kappa shape index (κ3) is 1.67. The van der Waals surface area contributed by atoms with Gasteiger partial charge < -0.3 is 0 Å². The van der Waals surface area contributed by atoms with Crippen LogP contribution in [0.5, 0.6) is 0 Å². The third-order valence-electron chi connectivity index (χ3n) is 3.98. The zero-order valence-corrected chi connectivity index (χ0v) is 11.9. The molecular weight excluding hydrogens is 260 g/mol. The zero-order valence-electron chi connectivity index (χ0n) is 11.9. The van der Waals surface area contributed by atoms with Crippen LogP contribution in [-0.4, -0.2) is 9.38 Å². The van der Waals surface area contributed by atoms with Crippen molar-refractivity contribution in [2.24, 2.45) is 0 Å². The van der Waals surface area contributed by atoms with Crippen molar-refractivity contribution in [1.29, 1.82) is 0 Å². The van der Waals surface area contributed by atoms with Crippen LogP contribution in [0.1, 0.15) is 11.3 Å². The van der Waals surface area contributed by atoms with E-state index < -0.39 is 0 Å². The van der Waals surface area contributed by atoms with E-state index in [0.717, 1.165) is 33.1 Å². The van der Waals surface area contributed by atoms with Gasteiger partial charge in [0.15, 0.2) is 0 Å². The van der Waals surface area contributed by atoms with Crippen molar-refractivity contribution in [3.05, 3.63) is 70.3 Å². The van der Waals surface area contributed by atoms with Gasteiger partial charge in [0, 0.05) is 22.5 Å². The second-order valence-electron chi connectivity index (χ2n) is 5.45. The van der Waals surface area contributed by atoms with E-state index in [2.05, 4.69) is 11.1 Å². The maximum Gasteiger partial charge on any atom is 0.264 e. The number of aromatic nitrogens is 2. The molecule has 3 heteroatoms. The molecule has 0 N–H and O–H groups in total. The van der Waals surface area contributed by atoms with E-state index in [0.29, 0.717) is 5.39 Å². The number of benzene rings is 1. The van der Waals surface area contributed by atoms with Gasteiger partial charge in [-0.1, -0.05) is 18.2 Å². The molecule has 3 heterocycles. The highest BCUT2D eigenvalue weighted by atomic mass is 16.1. The fraction of sp³-hybridized carbons (Fsp3) is 0.111. The second-order valence-corrected chi connectivity index (χ2v) is 5.45. The van der Waals surface area contributed by atoms with E-state index in [-0.39, 0.29) is 5.56 Å². The molecule has 4 rings (SSSR count). The third-order valence-corrected chi connectivity index (χ3v) is 3.98. The molecule has 102 valence electrons. The first-order valence-corrected chi connectivity index (χ1v) is 6.96. The van der Waals surface area contributed by atoms with Crippen molar-refractivity contribution in [1.82, 2.24) is 9.38 Å². The molecule has 0 saturated carbocycles. The summed E-state index contributed by atoms with van der Waals surface area (Å²) in [5.41, 5.74) is 3.77. The average molecular weight is 274 g/mol. The van der Waals surface area contributed by atoms with Crippen molar-refractivity contribution in [2.45, 2.75) is 13.8 Å². The Morgan fingerprint density at radius 3 is 2.67 bits per heavy atom. The molecule has 0 aliphatic rings. The van der Waals surface area contributed by atoms with Gasteiger partial charge in [-0.2, -0.15) is 0 Å². The lowest BCUT2D eigenvalue weighted by atomic mass is 10.0. The molecule has 1 aromatic carbocycles. The van der Waals surface area contributed by atoms with Crippen molar-refractivity contribution in [3.8, 4) is 0 Å². The van der Waals surface area contributed by atoms with Crippen LogP contribution in [0, 0.1) is 13.8 Å². The SMILES string of the molecule is Cc1ccn2c(=O)c3c(C)nc4ccccc4c3cc2c1. The summed E-state index contributed by atoms with van der Waals surface area (Å²) in [6.45, 7) is 3.93. The molecule has 0 aliphatic carbocycles. The number of hydrogen-bond acceptors (Lipinski definition) is 2. The molecule has 0 spiro atoms. The largest absolute Gasteiger partial charge is 0.284 e. The van der Waals surface area contributed by atoms with Gasteiger partial charge >= 0.3 is 0 Å². The van der Waals surface area contributed by atoms with Gasteiger partial charge in [0.1, 0.15) is 0 Å². The lowest BCUT2D eigenvalue weighted by molar-refractivity contribution is 1.10. The number of fused-ring (bicyclic) bond motifs is 4.